The first-order valence-corrected chi connectivity index (χ1v) is 9.64. The molecule has 0 spiro atoms. The summed E-state index contributed by atoms with van der Waals surface area (Å²) in [7, 11) is 0. The van der Waals surface area contributed by atoms with E-state index in [-0.39, 0.29) is 5.91 Å². The van der Waals surface area contributed by atoms with Gasteiger partial charge in [-0.1, -0.05) is 18.5 Å². The summed E-state index contributed by atoms with van der Waals surface area (Å²) >= 11 is 6.32. The number of isocyanates is 1. The zero-order chi connectivity index (χ0) is 19.9. The van der Waals surface area contributed by atoms with Gasteiger partial charge in [-0.15, -0.1) is 0 Å². The second kappa shape index (κ2) is 9.40. The van der Waals surface area contributed by atoms with Crippen LogP contribution in [0.3, 0.4) is 0 Å². The molecule has 1 aliphatic heterocycles. The van der Waals surface area contributed by atoms with Crippen molar-refractivity contribution in [3.05, 3.63) is 53.1 Å². The molecule has 28 heavy (non-hydrogen) atoms. The van der Waals surface area contributed by atoms with E-state index in [9.17, 15) is 9.59 Å². The second-order valence-corrected chi connectivity index (χ2v) is 6.90. The fourth-order valence-corrected chi connectivity index (χ4v) is 3.42. The molecule has 0 N–H and O–H groups in total. The van der Waals surface area contributed by atoms with Crippen LogP contribution in [0.2, 0.25) is 5.02 Å². The van der Waals surface area contributed by atoms with Crippen LogP contribution < -0.4 is 9.64 Å². The van der Waals surface area contributed by atoms with E-state index in [1.54, 1.807) is 12.1 Å². The van der Waals surface area contributed by atoms with Crippen LogP contribution in [0.1, 0.15) is 23.7 Å². The number of rotatable bonds is 6. The highest BCUT2D eigenvalue weighted by molar-refractivity contribution is 6.33. The first-order chi connectivity index (χ1) is 13.6. The van der Waals surface area contributed by atoms with Crippen LogP contribution in [-0.2, 0) is 4.79 Å². The number of hydrogen-bond donors (Lipinski definition) is 0. The van der Waals surface area contributed by atoms with Crippen molar-refractivity contribution in [3.8, 4) is 5.75 Å². The first kappa shape index (κ1) is 19.9. The van der Waals surface area contributed by atoms with Crippen LogP contribution in [0.4, 0.5) is 11.4 Å². The molecule has 6 nitrogen and oxygen atoms in total. The molecule has 1 heterocycles. The van der Waals surface area contributed by atoms with E-state index >= 15 is 0 Å². The Morgan fingerprint density at radius 2 is 1.86 bits per heavy atom. The van der Waals surface area contributed by atoms with E-state index in [0.717, 1.165) is 17.9 Å². The van der Waals surface area contributed by atoms with Crippen LogP contribution >= 0.6 is 11.6 Å². The van der Waals surface area contributed by atoms with E-state index in [4.69, 9.17) is 16.3 Å². The van der Waals surface area contributed by atoms with Crippen molar-refractivity contribution in [2.75, 3.05) is 37.7 Å². The van der Waals surface area contributed by atoms with Gasteiger partial charge in [-0.25, -0.2) is 4.79 Å². The molecular formula is C21H22ClN3O3. The topological polar surface area (TPSA) is 62.2 Å². The van der Waals surface area contributed by atoms with Crippen molar-refractivity contribution in [2.24, 2.45) is 4.99 Å². The number of benzene rings is 2. The first-order valence-electron chi connectivity index (χ1n) is 9.27. The summed E-state index contributed by atoms with van der Waals surface area (Å²) in [5.74, 6) is 0.795. The summed E-state index contributed by atoms with van der Waals surface area (Å²) in [5, 5.41) is 0.527. The molecule has 0 unspecified atom stereocenters. The molecule has 2 aromatic carbocycles. The van der Waals surface area contributed by atoms with Crippen LogP contribution in [-0.4, -0.2) is 49.7 Å². The molecule has 0 saturated carbocycles. The van der Waals surface area contributed by atoms with Gasteiger partial charge in [0.25, 0.3) is 5.91 Å². The van der Waals surface area contributed by atoms with Gasteiger partial charge in [0.05, 0.1) is 23.0 Å². The number of carbonyl (C=O) groups is 1. The number of halogens is 1. The summed E-state index contributed by atoms with van der Waals surface area (Å²) in [6.07, 6.45) is 2.45. The molecular weight excluding hydrogens is 378 g/mol. The van der Waals surface area contributed by atoms with E-state index in [1.165, 1.54) is 6.08 Å². The van der Waals surface area contributed by atoms with E-state index in [1.807, 2.05) is 35.2 Å². The van der Waals surface area contributed by atoms with Crippen molar-refractivity contribution in [2.45, 2.75) is 13.3 Å². The fraction of sp³-hybridized carbons (Fsp3) is 0.333. The standard InChI is InChI=1S/C21H22ClN3O3/c1-2-13-28-18-6-3-16(4-7-18)21(27)25-11-9-24(10-12-25)20-8-5-17(23-15-26)14-19(20)22/h3-8,14H,2,9-13H2,1H3. The maximum Gasteiger partial charge on any atom is 0.253 e. The minimum absolute atomic E-state index is 0.0171. The molecule has 0 aromatic heterocycles. The number of carbonyl (C=O) groups excluding carboxylic acids is 2. The zero-order valence-corrected chi connectivity index (χ0v) is 16.5. The van der Waals surface area contributed by atoms with Gasteiger partial charge in [-0.2, -0.15) is 4.99 Å². The Morgan fingerprint density at radius 1 is 1.14 bits per heavy atom. The minimum Gasteiger partial charge on any atom is -0.494 e. The fourth-order valence-electron chi connectivity index (χ4n) is 3.12. The number of amides is 1. The van der Waals surface area contributed by atoms with Crippen molar-refractivity contribution in [1.29, 1.82) is 0 Å². The van der Waals surface area contributed by atoms with Crippen molar-refractivity contribution < 1.29 is 14.3 Å². The monoisotopic (exact) mass is 399 g/mol. The molecule has 1 aliphatic rings. The van der Waals surface area contributed by atoms with Gasteiger partial charge in [0.15, 0.2) is 0 Å². The third-order valence-corrected chi connectivity index (χ3v) is 4.89. The zero-order valence-electron chi connectivity index (χ0n) is 15.7. The predicted molar refractivity (Wildman–Crippen MR) is 110 cm³/mol. The highest BCUT2D eigenvalue weighted by Gasteiger charge is 2.23. The number of aliphatic imine (C=N–C) groups is 1. The molecule has 7 heteroatoms. The molecule has 1 saturated heterocycles. The lowest BCUT2D eigenvalue weighted by Gasteiger charge is -2.36. The Labute approximate surface area is 169 Å². The normalized spacial score (nSPS) is 13.8. The van der Waals surface area contributed by atoms with Gasteiger partial charge < -0.3 is 14.5 Å². The molecule has 0 aliphatic carbocycles. The highest BCUT2D eigenvalue weighted by atomic mass is 35.5. The smallest absolute Gasteiger partial charge is 0.253 e. The number of piperazine rings is 1. The molecule has 2 aromatic rings. The maximum absolute atomic E-state index is 12.7. The van der Waals surface area contributed by atoms with E-state index in [2.05, 4.69) is 16.8 Å². The Bertz CT molecular complexity index is 871. The number of nitrogens with zero attached hydrogens (tertiary/aromatic N) is 3. The molecule has 0 radical (unpaired) electrons. The quantitative estimate of drug-likeness (QED) is 0.543. The number of hydrogen-bond acceptors (Lipinski definition) is 5. The lowest BCUT2D eigenvalue weighted by Crippen LogP contribution is -2.48. The SMILES string of the molecule is CCCOc1ccc(C(=O)N2CCN(c3ccc(N=C=O)cc3Cl)CC2)cc1. The molecule has 0 bridgehead atoms. The lowest BCUT2D eigenvalue weighted by molar-refractivity contribution is 0.0747. The third kappa shape index (κ3) is 4.71. The Morgan fingerprint density at radius 3 is 2.46 bits per heavy atom. The molecule has 1 fully saturated rings. The van der Waals surface area contributed by atoms with Gasteiger partial charge in [-0.05, 0) is 48.9 Å². The van der Waals surface area contributed by atoms with Crippen molar-refractivity contribution in [1.82, 2.24) is 4.90 Å². The largest absolute Gasteiger partial charge is 0.494 e. The van der Waals surface area contributed by atoms with E-state index < -0.39 is 0 Å². The number of ether oxygens (including phenoxy) is 1. The predicted octanol–water partition coefficient (Wildman–Crippen LogP) is 4.06. The Balaban J connectivity index is 1.60. The van der Waals surface area contributed by atoms with Gasteiger partial charge in [0.1, 0.15) is 5.75 Å². The average Bonchev–Trinajstić information content (AvgIpc) is 2.73. The summed E-state index contributed by atoms with van der Waals surface area (Å²) < 4.78 is 5.56. The van der Waals surface area contributed by atoms with Crippen molar-refractivity contribution >= 4 is 35.0 Å². The highest BCUT2D eigenvalue weighted by Crippen LogP contribution is 2.30. The minimum atomic E-state index is 0.0171. The molecule has 3 rings (SSSR count). The summed E-state index contributed by atoms with van der Waals surface area (Å²) in [6.45, 7) is 5.30. The van der Waals surface area contributed by atoms with Gasteiger partial charge >= 0.3 is 0 Å². The lowest BCUT2D eigenvalue weighted by atomic mass is 10.1. The average molecular weight is 400 g/mol. The second-order valence-electron chi connectivity index (χ2n) is 6.49. The molecule has 1 amide bonds. The van der Waals surface area contributed by atoms with Gasteiger partial charge in [0.2, 0.25) is 6.08 Å². The summed E-state index contributed by atoms with van der Waals surface area (Å²) in [4.78, 5) is 30.7. The molecule has 0 atom stereocenters. The molecule has 146 valence electrons. The van der Waals surface area contributed by atoms with Gasteiger partial charge in [0, 0.05) is 31.7 Å². The van der Waals surface area contributed by atoms with Crippen LogP contribution in [0.15, 0.2) is 47.5 Å². The Kier molecular flexibility index (Phi) is 6.69. The Hall–Kier alpha value is -2.82. The van der Waals surface area contributed by atoms with Crippen LogP contribution in [0, 0.1) is 0 Å². The number of anilines is 1. The van der Waals surface area contributed by atoms with Crippen molar-refractivity contribution in [3.63, 3.8) is 0 Å². The van der Waals surface area contributed by atoms with E-state index in [0.29, 0.717) is 49.1 Å². The van der Waals surface area contributed by atoms with Crippen LogP contribution in [0.5, 0.6) is 5.75 Å². The summed E-state index contributed by atoms with van der Waals surface area (Å²) in [6, 6.07) is 12.5. The van der Waals surface area contributed by atoms with Crippen LogP contribution in [0.25, 0.3) is 0 Å². The third-order valence-electron chi connectivity index (χ3n) is 4.59. The maximum atomic E-state index is 12.7. The summed E-state index contributed by atoms with van der Waals surface area (Å²) in [5.41, 5.74) is 2.01. The van der Waals surface area contributed by atoms with Gasteiger partial charge in [-0.3, -0.25) is 4.79 Å².